The van der Waals surface area contributed by atoms with Crippen molar-refractivity contribution in [2.45, 2.75) is 60.5 Å². The molecule has 0 heterocycles. The third kappa shape index (κ3) is 5.94. The molecule has 186 valence electrons. The van der Waals surface area contributed by atoms with E-state index < -0.39 is 0 Å². The molecule has 0 saturated heterocycles. The first-order valence-electron chi connectivity index (χ1n) is 12.4. The minimum absolute atomic E-state index is 0.120. The molecule has 0 spiro atoms. The second kappa shape index (κ2) is 11.3. The molecule has 6 heteroatoms. The number of aliphatic hydroxyl groups excluding tert-OH is 1. The zero-order valence-corrected chi connectivity index (χ0v) is 22.0. The summed E-state index contributed by atoms with van der Waals surface area (Å²) in [6.07, 6.45) is 1.23. The lowest BCUT2D eigenvalue weighted by Crippen LogP contribution is -2.30. The number of benzene rings is 2. The topological polar surface area (TPSA) is 68.2 Å². The first-order chi connectivity index (χ1) is 16.7. The lowest BCUT2D eigenvalue weighted by molar-refractivity contribution is -0.111. The molecule has 0 fully saturated rings. The highest BCUT2D eigenvalue weighted by Crippen LogP contribution is 2.27. The summed E-state index contributed by atoms with van der Waals surface area (Å²) in [7, 11) is 0. The van der Waals surface area contributed by atoms with Crippen LogP contribution in [-0.4, -0.2) is 41.8 Å². The summed E-state index contributed by atoms with van der Waals surface area (Å²) in [4.78, 5) is 22.0. The largest absolute Gasteiger partial charge is 0.506 e. The van der Waals surface area contributed by atoms with Gasteiger partial charge in [0.25, 0.3) is 0 Å². The number of hydrogen-bond acceptors (Lipinski definition) is 6. The van der Waals surface area contributed by atoms with Gasteiger partial charge < -0.3 is 20.2 Å². The fourth-order valence-electron chi connectivity index (χ4n) is 4.48. The van der Waals surface area contributed by atoms with Gasteiger partial charge in [0.05, 0.1) is 11.4 Å². The van der Waals surface area contributed by atoms with Gasteiger partial charge in [-0.05, 0) is 97.0 Å². The van der Waals surface area contributed by atoms with Crippen molar-refractivity contribution in [1.82, 2.24) is 0 Å². The van der Waals surface area contributed by atoms with E-state index in [2.05, 4.69) is 73.8 Å². The molecule has 0 amide bonds. The van der Waals surface area contributed by atoms with Gasteiger partial charge in [-0.2, -0.15) is 0 Å². The van der Waals surface area contributed by atoms with E-state index >= 15 is 0 Å². The number of carbonyl (C=O) groups is 1. The standard InChI is InChI=1S/C29H38N4O2/c1-8-32(19(3)4)24-14-10-22(11-15-24)30-28-21(7)29(27(35)18-26(28)34)31-23-12-16-25(17-13-23)33(9-2)20(5)6/h10-20,30,35H,8-9H2,1-7H3. The number of anilines is 3. The van der Waals surface area contributed by atoms with Crippen LogP contribution in [0.5, 0.6) is 0 Å². The molecule has 0 saturated carbocycles. The first-order valence-corrected chi connectivity index (χ1v) is 12.4. The molecular formula is C29H38N4O2. The van der Waals surface area contributed by atoms with Gasteiger partial charge in [-0.3, -0.25) is 4.79 Å². The minimum Gasteiger partial charge on any atom is -0.506 e. The zero-order chi connectivity index (χ0) is 25.7. The van der Waals surface area contributed by atoms with Crippen molar-refractivity contribution in [2.75, 3.05) is 28.2 Å². The molecule has 6 nitrogen and oxygen atoms in total. The van der Waals surface area contributed by atoms with E-state index in [4.69, 9.17) is 0 Å². The monoisotopic (exact) mass is 474 g/mol. The van der Waals surface area contributed by atoms with Crippen molar-refractivity contribution in [2.24, 2.45) is 4.99 Å². The van der Waals surface area contributed by atoms with Crippen LogP contribution in [0.25, 0.3) is 0 Å². The van der Waals surface area contributed by atoms with Crippen LogP contribution in [0.2, 0.25) is 0 Å². The van der Waals surface area contributed by atoms with E-state index in [-0.39, 0.29) is 11.5 Å². The molecule has 35 heavy (non-hydrogen) atoms. The summed E-state index contributed by atoms with van der Waals surface area (Å²) in [5.41, 5.74) is 5.21. The summed E-state index contributed by atoms with van der Waals surface area (Å²) < 4.78 is 0. The highest BCUT2D eigenvalue weighted by Gasteiger charge is 2.24. The van der Waals surface area contributed by atoms with Crippen LogP contribution in [0.15, 0.2) is 76.6 Å². The maximum Gasteiger partial charge on any atom is 0.206 e. The third-order valence-corrected chi connectivity index (χ3v) is 6.31. The van der Waals surface area contributed by atoms with E-state index in [1.165, 1.54) is 6.08 Å². The maximum atomic E-state index is 12.7. The smallest absolute Gasteiger partial charge is 0.206 e. The van der Waals surface area contributed by atoms with Crippen LogP contribution in [0.1, 0.15) is 48.5 Å². The highest BCUT2D eigenvalue weighted by molar-refractivity contribution is 6.25. The average Bonchev–Trinajstić information content (AvgIpc) is 2.82. The van der Waals surface area contributed by atoms with Crippen LogP contribution < -0.4 is 15.1 Å². The SMILES string of the molecule is CCN(c1ccc(N=C2C(O)=CC(=O)C(Nc3ccc(N(CC)C(C)C)cc3)=C2C)cc1)C(C)C. The predicted octanol–water partition coefficient (Wildman–Crippen LogP) is 6.64. The Hall–Kier alpha value is -3.54. The summed E-state index contributed by atoms with van der Waals surface area (Å²) in [6.45, 7) is 16.6. The van der Waals surface area contributed by atoms with Crippen LogP contribution in [0.4, 0.5) is 22.7 Å². The fourth-order valence-corrected chi connectivity index (χ4v) is 4.48. The molecule has 3 rings (SSSR count). The van der Waals surface area contributed by atoms with Crippen molar-refractivity contribution in [1.29, 1.82) is 0 Å². The summed E-state index contributed by atoms with van der Waals surface area (Å²) in [6, 6.07) is 16.8. The van der Waals surface area contributed by atoms with E-state index in [9.17, 15) is 9.90 Å². The molecule has 2 aromatic rings. The minimum atomic E-state index is -0.272. The van der Waals surface area contributed by atoms with Crippen molar-refractivity contribution in [3.05, 3.63) is 71.6 Å². The number of carbonyl (C=O) groups excluding carboxylic acids is 1. The van der Waals surface area contributed by atoms with Crippen LogP contribution in [0.3, 0.4) is 0 Å². The Morgan fingerprint density at radius 1 is 0.857 bits per heavy atom. The summed E-state index contributed by atoms with van der Waals surface area (Å²) in [5.74, 6) is -0.392. The number of nitrogens with one attached hydrogen (secondary N) is 1. The Labute approximate surface area is 209 Å². The van der Waals surface area contributed by atoms with E-state index in [1.807, 2.05) is 36.4 Å². The van der Waals surface area contributed by atoms with Crippen molar-refractivity contribution in [3.8, 4) is 0 Å². The molecule has 1 aliphatic rings. The Balaban J connectivity index is 1.87. The molecule has 0 bridgehead atoms. The molecular weight excluding hydrogens is 436 g/mol. The second-order valence-electron chi connectivity index (χ2n) is 9.30. The van der Waals surface area contributed by atoms with Gasteiger partial charge in [-0.1, -0.05) is 0 Å². The van der Waals surface area contributed by atoms with Gasteiger partial charge in [0, 0.05) is 53.9 Å². The Morgan fingerprint density at radius 2 is 1.34 bits per heavy atom. The first kappa shape index (κ1) is 26.1. The molecule has 0 aliphatic heterocycles. The number of nitrogens with zero attached hydrogens (tertiary/aromatic N) is 3. The maximum absolute atomic E-state index is 12.7. The molecule has 0 aromatic heterocycles. The highest BCUT2D eigenvalue weighted by atomic mass is 16.3. The average molecular weight is 475 g/mol. The van der Waals surface area contributed by atoms with Gasteiger partial charge in [0.15, 0.2) is 0 Å². The number of rotatable bonds is 9. The normalized spacial score (nSPS) is 15.2. The molecule has 1 aliphatic carbocycles. The van der Waals surface area contributed by atoms with Crippen molar-refractivity contribution >= 4 is 34.2 Å². The number of aliphatic imine (C=N–C) groups is 1. The lowest BCUT2D eigenvalue weighted by atomic mass is 9.98. The Bertz CT molecular complexity index is 1130. The van der Waals surface area contributed by atoms with Crippen molar-refractivity contribution < 1.29 is 9.90 Å². The summed E-state index contributed by atoms with van der Waals surface area (Å²) >= 11 is 0. The van der Waals surface area contributed by atoms with Gasteiger partial charge in [0.1, 0.15) is 11.5 Å². The number of allylic oxidation sites excluding steroid dienone is 2. The molecule has 2 aromatic carbocycles. The van der Waals surface area contributed by atoms with Crippen molar-refractivity contribution in [3.63, 3.8) is 0 Å². The van der Waals surface area contributed by atoms with Gasteiger partial charge >= 0.3 is 0 Å². The van der Waals surface area contributed by atoms with Gasteiger partial charge in [0.2, 0.25) is 5.78 Å². The van der Waals surface area contributed by atoms with E-state index in [0.717, 1.165) is 30.2 Å². The molecule has 0 radical (unpaired) electrons. The molecule has 0 atom stereocenters. The molecule has 2 N–H and O–H groups in total. The number of hydrogen-bond donors (Lipinski definition) is 2. The third-order valence-electron chi connectivity index (χ3n) is 6.31. The lowest BCUT2D eigenvalue weighted by Gasteiger charge is -2.27. The number of ketones is 1. The Morgan fingerprint density at radius 3 is 1.80 bits per heavy atom. The number of aliphatic hydroxyl groups is 1. The van der Waals surface area contributed by atoms with Crippen LogP contribution in [-0.2, 0) is 4.79 Å². The van der Waals surface area contributed by atoms with E-state index in [0.29, 0.717) is 34.8 Å². The second-order valence-corrected chi connectivity index (χ2v) is 9.30. The zero-order valence-electron chi connectivity index (χ0n) is 22.0. The van der Waals surface area contributed by atoms with Crippen LogP contribution >= 0.6 is 0 Å². The van der Waals surface area contributed by atoms with Gasteiger partial charge in [-0.15, -0.1) is 0 Å². The predicted molar refractivity (Wildman–Crippen MR) is 148 cm³/mol. The summed E-state index contributed by atoms with van der Waals surface area (Å²) in [5, 5.41) is 13.8. The van der Waals surface area contributed by atoms with E-state index in [1.54, 1.807) is 6.92 Å². The fraction of sp³-hybridized carbons (Fsp3) is 0.379. The van der Waals surface area contributed by atoms with Crippen LogP contribution in [0, 0.1) is 0 Å². The molecule has 0 unspecified atom stereocenters. The van der Waals surface area contributed by atoms with Gasteiger partial charge in [-0.25, -0.2) is 4.99 Å². The Kier molecular flexibility index (Phi) is 8.39. The quantitative estimate of drug-likeness (QED) is 0.399.